The molecule has 0 saturated carbocycles. The number of aliphatic hydroxyl groups is 1. The summed E-state index contributed by atoms with van der Waals surface area (Å²) in [5, 5.41) is 14.6. The first-order valence-corrected chi connectivity index (χ1v) is 15.8. The fourth-order valence-corrected chi connectivity index (χ4v) is 7.00. The van der Waals surface area contributed by atoms with Gasteiger partial charge in [0.05, 0.1) is 16.2 Å². The van der Waals surface area contributed by atoms with Gasteiger partial charge in [-0.2, -0.15) is 0 Å². The Balaban J connectivity index is 1.68. The minimum Gasteiger partial charge on any atom is -0.490 e. The summed E-state index contributed by atoms with van der Waals surface area (Å²) in [6.45, 7) is 12.3. The number of nitrogens with two attached hydrogens (primary N) is 1. The van der Waals surface area contributed by atoms with Crippen LogP contribution in [-0.4, -0.2) is 37.3 Å². The Kier molecular flexibility index (Phi) is 9.65. The van der Waals surface area contributed by atoms with E-state index in [9.17, 15) is 18.3 Å². The Bertz CT molecular complexity index is 1230. The van der Waals surface area contributed by atoms with Crippen LogP contribution in [0.25, 0.3) is 0 Å². The largest absolute Gasteiger partial charge is 0.490 e. The molecule has 3 N–H and O–H groups in total. The summed E-state index contributed by atoms with van der Waals surface area (Å²) in [4.78, 5) is 15.7. The zero-order valence-corrected chi connectivity index (χ0v) is 24.8. The molecule has 6 nitrogen and oxygen atoms in total. The zero-order valence-electron chi connectivity index (χ0n) is 23.1. The third-order valence-electron chi connectivity index (χ3n) is 7.50. The van der Waals surface area contributed by atoms with Crippen molar-refractivity contribution >= 4 is 27.1 Å². The maximum Gasteiger partial charge on any atom is 0.211 e. The van der Waals surface area contributed by atoms with Crippen molar-refractivity contribution in [2.45, 2.75) is 104 Å². The number of hydrogen-bond acceptors (Lipinski definition) is 6. The molecule has 0 aliphatic heterocycles. The van der Waals surface area contributed by atoms with E-state index in [-0.39, 0.29) is 18.8 Å². The van der Waals surface area contributed by atoms with E-state index < -0.39 is 21.4 Å². The van der Waals surface area contributed by atoms with E-state index in [0.29, 0.717) is 24.0 Å². The van der Waals surface area contributed by atoms with Gasteiger partial charge in [0.25, 0.3) is 0 Å². The maximum atomic E-state index is 13.3. The van der Waals surface area contributed by atoms with Crippen molar-refractivity contribution < 1.29 is 23.1 Å². The number of benzene rings is 1. The van der Waals surface area contributed by atoms with E-state index >= 15 is 0 Å². The van der Waals surface area contributed by atoms with Gasteiger partial charge in [-0.25, -0.2) is 13.6 Å². The summed E-state index contributed by atoms with van der Waals surface area (Å²) in [5.74, 6) is 0.950. The van der Waals surface area contributed by atoms with Gasteiger partial charge in [-0.15, -0.1) is 11.3 Å². The number of Topliss-reactive ketones (excluding diaryl/α,β-unsaturated/α-hetero) is 1. The zero-order chi connectivity index (χ0) is 27.5. The van der Waals surface area contributed by atoms with E-state index in [2.05, 4.69) is 26.8 Å². The second-order valence-corrected chi connectivity index (χ2v) is 14.4. The molecule has 1 aliphatic rings. The van der Waals surface area contributed by atoms with Gasteiger partial charge in [0.2, 0.25) is 10.0 Å². The first-order chi connectivity index (χ1) is 17.3. The lowest BCUT2D eigenvalue weighted by Gasteiger charge is -2.30. The highest BCUT2D eigenvalue weighted by Gasteiger charge is 2.31. The molecule has 0 fully saturated rings. The molecule has 2 aromatic rings. The number of rotatable bonds is 12. The highest BCUT2D eigenvalue weighted by atomic mass is 32.2. The molecule has 1 heterocycles. The molecule has 206 valence electrons. The van der Waals surface area contributed by atoms with Crippen molar-refractivity contribution in [3.05, 3.63) is 49.7 Å². The Morgan fingerprint density at radius 1 is 1.22 bits per heavy atom. The van der Waals surface area contributed by atoms with Crippen LogP contribution >= 0.6 is 11.3 Å². The predicted molar refractivity (Wildman–Crippen MR) is 151 cm³/mol. The maximum absolute atomic E-state index is 13.3. The summed E-state index contributed by atoms with van der Waals surface area (Å²) >= 11 is 1.71. The average molecular weight is 550 g/mol. The van der Waals surface area contributed by atoms with Crippen LogP contribution in [0.5, 0.6) is 5.75 Å². The standard InChI is InChI=1S/C29H43NO5S2/c1-7-21-15-20(13-18(3)27(21)35-17-22(31)14-19(4)37(30,33)34)9-10-25(32)28-23-11-12-29(5,6)16-24(23)26(8-2)36-28/h13,15,19,22,31H,7-12,14,16-17H2,1-6H3,(H2,30,33,34). The number of aliphatic hydroxyl groups excluding tert-OH is 1. The van der Waals surface area contributed by atoms with Gasteiger partial charge >= 0.3 is 0 Å². The molecule has 0 spiro atoms. The molecule has 1 aliphatic carbocycles. The minimum atomic E-state index is -3.69. The third kappa shape index (κ3) is 7.43. The van der Waals surface area contributed by atoms with Crippen LogP contribution in [0, 0.1) is 12.3 Å². The fourth-order valence-electron chi connectivity index (χ4n) is 5.24. The monoisotopic (exact) mass is 549 g/mol. The number of carbonyl (C=O) groups is 1. The lowest BCUT2D eigenvalue weighted by atomic mass is 9.74. The highest BCUT2D eigenvalue weighted by Crippen LogP contribution is 2.42. The highest BCUT2D eigenvalue weighted by molar-refractivity contribution is 7.89. The van der Waals surface area contributed by atoms with Crippen molar-refractivity contribution in [3.8, 4) is 5.75 Å². The molecule has 2 atom stereocenters. The van der Waals surface area contributed by atoms with Gasteiger partial charge in [-0.1, -0.05) is 39.8 Å². The van der Waals surface area contributed by atoms with E-state index in [1.807, 2.05) is 19.9 Å². The molecule has 2 unspecified atom stereocenters. The van der Waals surface area contributed by atoms with Crippen LogP contribution in [-0.2, 0) is 42.1 Å². The molecule has 0 saturated heterocycles. The first-order valence-electron chi connectivity index (χ1n) is 13.4. The molecule has 0 amide bonds. The molecule has 8 heteroatoms. The van der Waals surface area contributed by atoms with Gasteiger partial charge in [0.1, 0.15) is 12.4 Å². The Hall–Kier alpha value is -1.74. The molecule has 0 radical (unpaired) electrons. The summed E-state index contributed by atoms with van der Waals surface area (Å²) < 4.78 is 28.8. The molecular formula is C29H43NO5S2. The second kappa shape index (κ2) is 12.0. The van der Waals surface area contributed by atoms with Crippen LogP contribution < -0.4 is 9.88 Å². The van der Waals surface area contributed by atoms with Crippen LogP contribution in [0.15, 0.2) is 12.1 Å². The van der Waals surface area contributed by atoms with Crippen LogP contribution in [0.3, 0.4) is 0 Å². The van der Waals surface area contributed by atoms with E-state index in [0.717, 1.165) is 53.7 Å². The summed E-state index contributed by atoms with van der Waals surface area (Å²) in [7, 11) is -3.69. The third-order valence-corrected chi connectivity index (χ3v) is 10.3. The average Bonchev–Trinajstić information content (AvgIpc) is 3.17. The number of ether oxygens (including phenoxy) is 1. The van der Waals surface area contributed by atoms with Gasteiger partial charge in [-0.3, -0.25) is 4.79 Å². The van der Waals surface area contributed by atoms with E-state index in [1.54, 1.807) is 11.3 Å². The molecule has 1 aromatic carbocycles. The predicted octanol–water partition coefficient (Wildman–Crippen LogP) is 5.32. The summed E-state index contributed by atoms with van der Waals surface area (Å²) in [6, 6.07) is 4.13. The SMILES string of the molecule is CCc1cc(CCC(=O)c2sc(CC)c3c2CCC(C)(C)C3)cc(C)c1OCC(O)CC(C)S(N)(=O)=O. The van der Waals surface area contributed by atoms with Crippen LogP contribution in [0.4, 0.5) is 0 Å². The van der Waals surface area contributed by atoms with Crippen molar-refractivity contribution in [3.63, 3.8) is 0 Å². The Morgan fingerprint density at radius 3 is 2.54 bits per heavy atom. The second-order valence-electron chi connectivity index (χ2n) is 11.3. The summed E-state index contributed by atoms with van der Waals surface area (Å²) in [6.07, 6.45) is 5.12. The Labute approximate surface area is 226 Å². The van der Waals surface area contributed by atoms with Crippen LogP contribution in [0.2, 0.25) is 0 Å². The summed E-state index contributed by atoms with van der Waals surface area (Å²) in [5.41, 5.74) is 6.08. The molecule has 3 rings (SSSR count). The van der Waals surface area contributed by atoms with Gasteiger partial charge in [0, 0.05) is 11.3 Å². The number of ketones is 1. The Morgan fingerprint density at radius 2 is 1.92 bits per heavy atom. The lowest BCUT2D eigenvalue weighted by Crippen LogP contribution is -2.31. The lowest BCUT2D eigenvalue weighted by molar-refractivity contribution is 0.0982. The number of hydrogen-bond donors (Lipinski definition) is 2. The molecule has 1 aromatic heterocycles. The van der Waals surface area contributed by atoms with Gasteiger partial charge < -0.3 is 9.84 Å². The number of sulfonamides is 1. The molecule has 0 bridgehead atoms. The van der Waals surface area contributed by atoms with Crippen LogP contribution in [0.1, 0.15) is 96.2 Å². The fraction of sp³-hybridized carbons (Fsp3) is 0.621. The number of primary sulfonamides is 1. The first kappa shape index (κ1) is 29.8. The minimum absolute atomic E-state index is 0.00834. The number of aryl methyl sites for hydroxylation is 4. The quantitative estimate of drug-likeness (QED) is 0.349. The molecule has 37 heavy (non-hydrogen) atoms. The van der Waals surface area contributed by atoms with Gasteiger partial charge in [-0.05, 0) is 92.0 Å². The topological polar surface area (TPSA) is 107 Å². The van der Waals surface area contributed by atoms with Crippen molar-refractivity contribution in [1.29, 1.82) is 0 Å². The smallest absolute Gasteiger partial charge is 0.211 e. The number of thiophene rings is 1. The van der Waals surface area contributed by atoms with E-state index in [4.69, 9.17) is 9.88 Å². The van der Waals surface area contributed by atoms with E-state index in [1.165, 1.54) is 22.9 Å². The van der Waals surface area contributed by atoms with Crippen molar-refractivity contribution in [2.75, 3.05) is 6.61 Å². The molecular weight excluding hydrogens is 506 g/mol. The van der Waals surface area contributed by atoms with Crippen molar-refractivity contribution in [1.82, 2.24) is 0 Å². The normalized spacial score (nSPS) is 16.8. The van der Waals surface area contributed by atoms with Gasteiger partial charge in [0.15, 0.2) is 5.78 Å². The van der Waals surface area contributed by atoms with Crippen molar-refractivity contribution in [2.24, 2.45) is 10.6 Å². The number of carbonyl (C=O) groups excluding carboxylic acids is 1. The number of fused-ring (bicyclic) bond motifs is 1.